The summed E-state index contributed by atoms with van der Waals surface area (Å²) in [5.74, 6) is 1.05. The molecule has 180 valence electrons. The number of benzene rings is 1. The lowest BCUT2D eigenvalue weighted by molar-refractivity contribution is -0.121. The molecule has 0 radical (unpaired) electrons. The van der Waals surface area contributed by atoms with Gasteiger partial charge in [0.25, 0.3) is 5.91 Å². The normalized spacial score (nSPS) is 11.6. The topological polar surface area (TPSA) is 165 Å². The Hall–Kier alpha value is -3.21. The molecule has 1 unspecified atom stereocenters. The molecule has 33 heavy (non-hydrogen) atoms. The first kappa shape index (κ1) is 27.8. The second-order valence-electron chi connectivity index (χ2n) is 7.02. The van der Waals surface area contributed by atoms with Gasteiger partial charge in [0.1, 0.15) is 11.8 Å². The predicted molar refractivity (Wildman–Crippen MR) is 137 cm³/mol. The molecule has 1 heterocycles. The summed E-state index contributed by atoms with van der Waals surface area (Å²) >= 11 is 0.754. The summed E-state index contributed by atoms with van der Waals surface area (Å²) in [5, 5.41) is 15.4. The molecule has 0 saturated carbocycles. The molecular weight excluding hydrogens is 440 g/mol. The van der Waals surface area contributed by atoms with Gasteiger partial charge >= 0.3 is 0 Å². The number of hydrogen-bond donors (Lipinski definition) is 6. The van der Waals surface area contributed by atoms with Crippen LogP contribution in [-0.2, 0) is 11.2 Å². The SMILES string of the molecule is C=C/C(=C\C=C(C)C)NC(C(=O)NSN)c1cc(OCC)c2oc(CCN)cc2c1.N=CN. The molecule has 2 rings (SSSR count). The molecule has 1 atom stereocenters. The molecule has 1 amide bonds. The van der Waals surface area contributed by atoms with E-state index in [1.807, 2.05) is 51.1 Å². The van der Waals surface area contributed by atoms with Crippen LogP contribution in [0.1, 0.15) is 38.1 Å². The molecule has 2 aromatic rings. The molecule has 0 bridgehead atoms. The van der Waals surface area contributed by atoms with E-state index in [1.165, 1.54) is 0 Å². The highest BCUT2D eigenvalue weighted by Crippen LogP contribution is 2.33. The number of ether oxygens (including phenoxy) is 1. The fourth-order valence-corrected chi connectivity index (χ4v) is 3.14. The monoisotopic (exact) mass is 474 g/mol. The molecule has 0 fully saturated rings. The summed E-state index contributed by atoms with van der Waals surface area (Å²) in [5.41, 5.74) is 13.2. The number of amides is 1. The second-order valence-corrected chi connectivity index (χ2v) is 7.46. The van der Waals surface area contributed by atoms with Crippen LogP contribution in [0, 0.1) is 5.41 Å². The van der Waals surface area contributed by atoms with Gasteiger partial charge in [-0.3, -0.25) is 20.1 Å². The first-order valence-corrected chi connectivity index (χ1v) is 11.2. The Morgan fingerprint density at radius 1 is 1.33 bits per heavy atom. The molecule has 1 aromatic carbocycles. The third-order valence-corrected chi connectivity index (χ3v) is 4.55. The summed E-state index contributed by atoms with van der Waals surface area (Å²) in [6.07, 6.45) is 6.85. The number of carbonyl (C=O) groups excluding carboxylic acids is 1. The molecule has 1 aromatic heterocycles. The van der Waals surface area contributed by atoms with Crippen LogP contribution in [0.25, 0.3) is 11.0 Å². The van der Waals surface area contributed by atoms with E-state index in [4.69, 9.17) is 25.4 Å². The van der Waals surface area contributed by atoms with Crippen molar-refractivity contribution in [1.82, 2.24) is 10.0 Å². The molecule has 0 aliphatic rings. The van der Waals surface area contributed by atoms with E-state index in [0.717, 1.165) is 35.2 Å². The van der Waals surface area contributed by atoms with Gasteiger partial charge in [0.15, 0.2) is 11.3 Å². The van der Waals surface area contributed by atoms with Crippen molar-refractivity contribution in [2.24, 2.45) is 16.6 Å². The number of furan rings is 1. The second kappa shape index (κ2) is 14.8. The maximum Gasteiger partial charge on any atom is 0.257 e. The fourth-order valence-electron chi connectivity index (χ4n) is 2.91. The third-order valence-electron chi connectivity index (χ3n) is 4.23. The van der Waals surface area contributed by atoms with E-state index in [1.54, 1.807) is 6.08 Å². The summed E-state index contributed by atoms with van der Waals surface area (Å²) in [4.78, 5) is 12.8. The number of allylic oxidation sites excluding steroid dienone is 4. The van der Waals surface area contributed by atoms with E-state index in [9.17, 15) is 4.79 Å². The van der Waals surface area contributed by atoms with Crippen LogP contribution in [-0.4, -0.2) is 25.4 Å². The quantitative estimate of drug-likeness (QED) is 0.125. The standard InChI is InChI=1S/C22H30N4O3S.CH4N2/c1-5-17(8-7-14(3)4)25-20(22(27)26-30-24)15-11-16-12-18(9-10-23)29-21(16)19(13-15)28-6-2;2-1-3/h5,7-8,11-13,20,25H,1,6,9-10,23-24H2,2-4H3,(H,26,27);1H,(H3,2,3)/b17-8+;. The number of fused-ring (bicyclic) bond motifs is 1. The summed E-state index contributed by atoms with van der Waals surface area (Å²) in [7, 11) is 0. The van der Waals surface area contributed by atoms with Crippen molar-refractivity contribution in [2.45, 2.75) is 33.2 Å². The Labute approximate surface area is 199 Å². The smallest absolute Gasteiger partial charge is 0.257 e. The fraction of sp³-hybridized carbons (Fsp3) is 0.304. The van der Waals surface area contributed by atoms with Gasteiger partial charge < -0.3 is 25.9 Å². The highest BCUT2D eigenvalue weighted by molar-refractivity contribution is 7.95. The van der Waals surface area contributed by atoms with Crippen LogP contribution < -0.4 is 31.4 Å². The Balaban J connectivity index is 0.00000172. The van der Waals surface area contributed by atoms with Crippen molar-refractivity contribution in [2.75, 3.05) is 13.2 Å². The average molecular weight is 475 g/mol. The van der Waals surface area contributed by atoms with Crippen LogP contribution >= 0.6 is 12.1 Å². The Bertz CT molecular complexity index is 995. The van der Waals surface area contributed by atoms with Crippen LogP contribution in [0.5, 0.6) is 5.75 Å². The Kier molecular flexibility index (Phi) is 12.5. The van der Waals surface area contributed by atoms with E-state index >= 15 is 0 Å². The van der Waals surface area contributed by atoms with Gasteiger partial charge in [0.2, 0.25) is 0 Å². The van der Waals surface area contributed by atoms with E-state index in [2.05, 4.69) is 22.4 Å². The molecule has 0 aliphatic carbocycles. The van der Waals surface area contributed by atoms with Gasteiger partial charge in [-0.05, 0) is 63.2 Å². The van der Waals surface area contributed by atoms with Crippen molar-refractivity contribution in [1.29, 1.82) is 5.41 Å². The summed E-state index contributed by atoms with van der Waals surface area (Å²) in [6.45, 7) is 10.7. The van der Waals surface area contributed by atoms with Gasteiger partial charge in [-0.25, -0.2) is 0 Å². The molecule has 0 spiro atoms. The minimum Gasteiger partial charge on any atom is -0.490 e. The first-order valence-electron chi connectivity index (χ1n) is 10.3. The van der Waals surface area contributed by atoms with Gasteiger partial charge in [0, 0.05) is 29.6 Å². The number of rotatable bonds is 11. The minimum atomic E-state index is -0.715. The van der Waals surface area contributed by atoms with Gasteiger partial charge in [-0.1, -0.05) is 18.2 Å². The maximum absolute atomic E-state index is 12.8. The van der Waals surface area contributed by atoms with Gasteiger partial charge in [-0.2, -0.15) is 0 Å². The van der Waals surface area contributed by atoms with Crippen LogP contribution in [0.15, 0.2) is 58.7 Å². The van der Waals surface area contributed by atoms with Crippen LogP contribution in [0.2, 0.25) is 0 Å². The van der Waals surface area contributed by atoms with Crippen LogP contribution in [0.4, 0.5) is 0 Å². The number of carbonyl (C=O) groups is 1. The Morgan fingerprint density at radius 3 is 2.58 bits per heavy atom. The highest BCUT2D eigenvalue weighted by atomic mass is 32.2. The Morgan fingerprint density at radius 2 is 2.03 bits per heavy atom. The minimum absolute atomic E-state index is 0.292. The molecule has 0 aliphatic heterocycles. The third kappa shape index (κ3) is 8.68. The average Bonchev–Trinajstić information content (AvgIpc) is 3.18. The van der Waals surface area contributed by atoms with Gasteiger partial charge in [-0.15, -0.1) is 0 Å². The van der Waals surface area contributed by atoms with Crippen molar-refractivity contribution in [3.63, 3.8) is 0 Å². The predicted octanol–water partition coefficient (Wildman–Crippen LogP) is 3.19. The van der Waals surface area contributed by atoms with E-state index in [0.29, 0.717) is 42.2 Å². The number of nitrogens with one attached hydrogen (secondary N) is 3. The summed E-state index contributed by atoms with van der Waals surface area (Å²) < 4.78 is 14.3. The lowest BCUT2D eigenvalue weighted by Crippen LogP contribution is -2.34. The number of nitrogens with two attached hydrogens (primary N) is 3. The van der Waals surface area contributed by atoms with E-state index in [-0.39, 0.29) is 5.91 Å². The lowest BCUT2D eigenvalue weighted by atomic mass is 10.0. The van der Waals surface area contributed by atoms with Crippen LogP contribution in [0.3, 0.4) is 0 Å². The van der Waals surface area contributed by atoms with Crippen molar-refractivity contribution >= 4 is 35.3 Å². The number of hydrogen-bond acceptors (Lipinski definition) is 8. The zero-order valence-corrected chi connectivity index (χ0v) is 20.1. The lowest BCUT2D eigenvalue weighted by Gasteiger charge is -2.20. The molecule has 10 heteroatoms. The first-order chi connectivity index (χ1) is 15.8. The zero-order chi connectivity index (χ0) is 24.8. The molecular formula is C23H34N6O3S. The molecule has 0 saturated heterocycles. The van der Waals surface area contributed by atoms with Crippen molar-refractivity contribution < 1.29 is 13.9 Å². The maximum atomic E-state index is 12.8. The highest BCUT2D eigenvalue weighted by Gasteiger charge is 2.24. The van der Waals surface area contributed by atoms with E-state index < -0.39 is 6.04 Å². The van der Waals surface area contributed by atoms with Gasteiger partial charge in [0.05, 0.1) is 12.9 Å². The molecule has 9 N–H and O–H groups in total. The largest absolute Gasteiger partial charge is 0.490 e. The summed E-state index contributed by atoms with van der Waals surface area (Å²) in [6, 6.07) is 4.92. The van der Waals surface area contributed by atoms with Crippen molar-refractivity contribution in [3.05, 3.63) is 65.6 Å². The molecule has 9 nitrogen and oxygen atoms in total. The zero-order valence-electron chi connectivity index (χ0n) is 19.3. The van der Waals surface area contributed by atoms with Crippen molar-refractivity contribution in [3.8, 4) is 5.75 Å².